The second-order valence-corrected chi connectivity index (χ2v) is 8.42. The third kappa shape index (κ3) is 7.47. The zero-order chi connectivity index (χ0) is 25.9. The van der Waals surface area contributed by atoms with Gasteiger partial charge in [-0.15, -0.1) is 0 Å². The number of rotatable bonds is 8. The number of benzene rings is 1. The van der Waals surface area contributed by atoms with Gasteiger partial charge in [-0.25, -0.2) is 14.6 Å². The van der Waals surface area contributed by atoms with Crippen LogP contribution in [0.15, 0.2) is 48.7 Å². The summed E-state index contributed by atoms with van der Waals surface area (Å²) in [4.78, 5) is 32.9. The first-order valence-corrected chi connectivity index (χ1v) is 12.3. The Bertz CT molecular complexity index is 1130. The van der Waals surface area contributed by atoms with E-state index in [4.69, 9.17) is 29.5 Å². The highest BCUT2D eigenvalue weighted by molar-refractivity contribution is 6.27. The fraction of sp³-hybridized carbons (Fsp3) is 0.407. The summed E-state index contributed by atoms with van der Waals surface area (Å²) in [6.07, 6.45) is 3.91. The number of fused-ring (bicyclic) bond motifs is 1. The predicted octanol–water partition coefficient (Wildman–Crippen LogP) is 3.56. The van der Waals surface area contributed by atoms with Crippen molar-refractivity contribution < 1.29 is 24.5 Å². The van der Waals surface area contributed by atoms with Crippen LogP contribution in [-0.2, 0) is 20.7 Å². The van der Waals surface area contributed by atoms with Crippen molar-refractivity contribution >= 4 is 28.5 Å². The number of carbonyl (C=O) groups is 2. The lowest BCUT2D eigenvalue weighted by Gasteiger charge is -2.35. The van der Waals surface area contributed by atoms with Crippen molar-refractivity contribution in [3.05, 3.63) is 54.4 Å². The number of aliphatic carboxylic acids is 2. The third-order valence-electron chi connectivity index (χ3n) is 6.07. The van der Waals surface area contributed by atoms with Crippen molar-refractivity contribution in [1.82, 2.24) is 14.9 Å². The first kappa shape index (κ1) is 27.0. The van der Waals surface area contributed by atoms with Gasteiger partial charge in [0.1, 0.15) is 5.82 Å². The van der Waals surface area contributed by atoms with Crippen LogP contribution in [0.4, 0.5) is 5.82 Å². The van der Waals surface area contributed by atoms with E-state index in [-0.39, 0.29) is 0 Å². The van der Waals surface area contributed by atoms with Crippen molar-refractivity contribution in [3.8, 4) is 11.3 Å². The highest BCUT2D eigenvalue weighted by atomic mass is 16.5. The molecule has 0 unspecified atom stereocenters. The molecule has 0 saturated carbocycles. The van der Waals surface area contributed by atoms with Gasteiger partial charge < -0.3 is 24.7 Å². The molecule has 0 radical (unpaired) electrons. The molecule has 192 valence electrons. The van der Waals surface area contributed by atoms with Crippen LogP contribution in [0.2, 0.25) is 0 Å². The number of carboxylic acid groups (broad SMARTS) is 2. The van der Waals surface area contributed by atoms with E-state index in [2.05, 4.69) is 64.2 Å². The Kier molecular flexibility index (Phi) is 10.1. The summed E-state index contributed by atoms with van der Waals surface area (Å²) >= 11 is 0. The van der Waals surface area contributed by atoms with Crippen LogP contribution in [0.5, 0.6) is 0 Å². The lowest BCUT2D eigenvalue weighted by atomic mass is 10.1. The van der Waals surface area contributed by atoms with Crippen LogP contribution >= 0.6 is 0 Å². The fourth-order valence-electron chi connectivity index (χ4n) is 4.07. The van der Waals surface area contributed by atoms with E-state index in [1.54, 1.807) is 0 Å². The molecule has 0 spiro atoms. The van der Waals surface area contributed by atoms with Gasteiger partial charge in [0.05, 0.1) is 5.69 Å². The first-order chi connectivity index (χ1) is 17.4. The Balaban J connectivity index is 0.000000538. The molecule has 1 aromatic carbocycles. The van der Waals surface area contributed by atoms with Crippen molar-refractivity contribution in [2.45, 2.75) is 26.7 Å². The van der Waals surface area contributed by atoms with Crippen LogP contribution in [0.25, 0.3) is 22.0 Å². The van der Waals surface area contributed by atoms with Crippen LogP contribution in [0, 0.1) is 0 Å². The molecular weight excluding hydrogens is 460 g/mol. The summed E-state index contributed by atoms with van der Waals surface area (Å²) in [6, 6.07) is 15.0. The number of hydrogen-bond acceptors (Lipinski definition) is 7. The Morgan fingerprint density at radius 2 is 1.72 bits per heavy atom. The summed E-state index contributed by atoms with van der Waals surface area (Å²) < 4.78 is 5.43. The van der Waals surface area contributed by atoms with Gasteiger partial charge in [0.15, 0.2) is 0 Å². The molecule has 9 heteroatoms. The second kappa shape index (κ2) is 13.5. The van der Waals surface area contributed by atoms with E-state index in [0.717, 1.165) is 81.5 Å². The molecule has 0 atom stereocenters. The van der Waals surface area contributed by atoms with Gasteiger partial charge in [0, 0.05) is 62.2 Å². The molecule has 4 rings (SSSR count). The van der Waals surface area contributed by atoms with E-state index >= 15 is 0 Å². The zero-order valence-electron chi connectivity index (χ0n) is 20.9. The molecule has 1 aliphatic rings. The van der Waals surface area contributed by atoms with E-state index in [9.17, 15) is 0 Å². The number of nitrogens with zero attached hydrogens (tertiary/aromatic N) is 4. The predicted molar refractivity (Wildman–Crippen MR) is 139 cm³/mol. The molecule has 0 bridgehead atoms. The number of anilines is 1. The second-order valence-electron chi connectivity index (χ2n) is 8.42. The highest BCUT2D eigenvalue weighted by Crippen LogP contribution is 2.30. The molecule has 2 aromatic heterocycles. The molecule has 36 heavy (non-hydrogen) atoms. The maximum Gasteiger partial charge on any atom is 0.414 e. The normalized spacial score (nSPS) is 13.8. The van der Waals surface area contributed by atoms with Crippen molar-refractivity contribution in [1.29, 1.82) is 0 Å². The van der Waals surface area contributed by atoms with E-state index in [0.29, 0.717) is 0 Å². The molecule has 0 aliphatic carbocycles. The van der Waals surface area contributed by atoms with Crippen LogP contribution in [-0.4, -0.2) is 83.0 Å². The number of ether oxygens (including phenoxy) is 1. The van der Waals surface area contributed by atoms with Crippen LogP contribution in [0.3, 0.4) is 0 Å². The number of hydrogen-bond donors (Lipinski definition) is 2. The maximum absolute atomic E-state index is 9.10. The quantitative estimate of drug-likeness (QED) is 0.358. The molecule has 9 nitrogen and oxygen atoms in total. The summed E-state index contributed by atoms with van der Waals surface area (Å²) in [5.41, 5.74) is 3.17. The molecule has 3 heterocycles. The molecule has 1 aliphatic heterocycles. The van der Waals surface area contributed by atoms with Crippen LogP contribution in [0.1, 0.15) is 26.0 Å². The molecule has 2 N–H and O–H groups in total. The van der Waals surface area contributed by atoms with Gasteiger partial charge in [-0.05, 0) is 49.9 Å². The van der Waals surface area contributed by atoms with Crippen molar-refractivity contribution in [2.75, 3.05) is 50.8 Å². The van der Waals surface area contributed by atoms with Crippen molar-refractivity contribution in [2.24, 2.45) is 0 Å². The topological polar surface area (TPSA) is 116 Å². The van der Waals surface area contributed by atoms with Crippen LogP contribution < -0.4 is 4.90 Å². The smallest absolute Gasteiger partial charge is 0.414 e. The van der Waals surface area contributed by atoms with Crippen molar-refractivity contribution in [3.63, 3.8) is 0 Å². The largest absolute Gasteiger partial charge is 0.473 e. The number of pyridine rings is 2. The standard InChI is InChI=1S/C25H32N4O.C2H2O4/c1-3-28-13-15-29(16-14-28)25-23-10-6-5-8-20(23)18-24(27-25)21-11-12-22(26-19-21)9-7-17-30-4-2;3-1(4)2(5)6/h5-6,8,10-12,18-19H,3-4,7,9,13-17H2,1-2H3;(H,3,4)(H,5,6). The molecule has 0 amide bonds. The van der Waals surface area contributed by atoms with Gasteiger partial charge in [0.2, 0.25) is 0 Å². The lowest BCUT2D eigenvalue weighted by molar-refractivity contribution is -0.159. The first-order valence-electron chi connectivity index (χ1n) is 12.3. The number of carboxylic acids is 2. The number of aromatic nitrogens is 2. The van der Waals surface area contributed by atoms with E-state index in [1.165, 1.54) is 10.8 Å². The number of piperazine rings is 1. The Morgan fingerprint density at radius 1 is 1.00 bits per heavy atom. The van der Waals surface area contributed by atoms with Gasteiger partial charge in [-0.2, -0.15) is 0 Å². The van der Waals surface area contributed by atoms with Gasteiger partial charge in [-0.3, -0.25) is 4.98 Å². The minimum Gasteiger partial charge on any atom is -0.473 e. The van der Waals surface area contributed by atoms with Gasteiger partial charge in [-0.1, -0.05) is 31.2 Å². The Hall–Kier alpha value is -3.56. The molecular formula is C27H34N4O5. The minimum absolute atomic E-state index is 0.774. The summed E-state index contributed by atoms with van der Waals surface area (Å²) in [7, 11) is 0. The SMILES string of the molecule is CCOCCCc1ccc(-c2cc3ccccc3c(N3CCN(CC)CC3)n2)cn1.O=C(O)C(=O)O. The molecule has 1 saturated heterocycles. The van der Waals surface area contributed by atoms with Gasteiger partial charge >= 0.3 is 11.9 Å². The van der Waals surface area contributed by atoms with Gasteiger partial charge in [0.25, 0.3) is 0 Å². The average molecular weight is 495 g/mol. The maximum atomic E-state index is 9.10. The summed E-state index contributed by atoms with van der Waals surface area (Å²) in [5, 5.41) is 17.2. The highest BCUT2D eigenvalue weighted by Gasteiger charge is 2.19. The fourth-order valence-corrected chi connectivity index (χ4v) is 4.07. The molecule has 1 fully saturated rings. The summed E-state index contributed by atoms with van der Waals surface area (Å²) in [5.74, 6) is -2.55. The average Bonchev–Trinajstić information content (AvgIpc) is 2.91. The number of aryl methyl sites for hydroxylation is 1. The Morgan fingerprint density at radius 3 is 2.33 bits per heavy atom. The lowest BCUT2D eigenvalue weighted by Crippen LogP contribution is -2.46. The number of likely N-dealkylation sites (N-methyl/N-ethyl adjacent to an activating group) is 1. The minimum atomic E-state index is -1.82. The zero-order valence-corrected chi connectivity index (χ0v) is 20.9. The third-order valence-corrected chi connectivity index (χ3v) is 6.07. The van der Waals surface area contributed by atoms with E-state index in [1.807, 2.05) is 13.1 Å². The Labute approximate surface area is 211 Å². The monoisotopic (exact) mass is 494 g/mol. The molecule has 3 aromatic rings. The van der Waals surface area contributed by atoms with E-state index < -0.39 is 11.9 Å². The summed E-state index contributed by atoms with van der Waals surface area (Å²) in [6.45, 7) is 11.2.